The molecular formula is C19H22Cl3NO5. The molecule has 0 unspecified atom stereocenters. The smallest absolute Gasteiger partial charge is 0.240 e. The highest BCUT2D eigenvalue weighted by molar-refractivity contribution is 6.67. The molecule has 0 aromatic heterocycles. The Bertz CT molecular complexity index is 811. The monoisotopic (exact) mass is 449 g/mol. The predicted molar refractivity (Wildman–Crippen MR) is 106 cm³/mol. The summed E-state index contributed by atoms with van der Waals surface area (Å²) < 4.78 is 4.11. The topological polar surface area (TPSA) is 93.4 Å². The highest BCUT2D eigenvalue weighted by atomic mass is 35.6. The maximum atomic E-state index is 10.4. The van der Waals surface area contributed by atoms with Crippen LogP contribution in [0.4, 0.5) is 0 Å². The zero-order valence-electron chi connectivity index (χ0n) is 15.1. The fourth-order valence-electron chi connectivity index (χ4n) is 5.24. The van der Waals surface area contributed by atoms with Crippen molar-refractivity contribution in [2.24, 2.45) is 5.92 Å². The Balaban J connectivity index is 0.000000239. The molecule has 4 N–H and O–H groups in total. The van der Waals surface area contributed by atoms with Gasteiger partial charge in [0.1, 0.15) is 12.2 Å². The van der Waals surface area contributed by atoms with Crippen molar-refractivity contribution >= 4 is 34.8 Å². The molecule has 6 nitrogen and oxygen atoms in total. The van der Waals surface area contributed by atoms with E-state index in [1.807, 2.05) is 12.1 Å². The SMILES string of the molecule is CN1CC[C@]23c4c5ccc(O)c4O[C@H]2[C@@H](O)C=C[C@H]3[C@H]1C5.OC(O)C(Cl)(Cl)Cl. The van der Waals surface area contributed by atoms with Gasteiger partial charge in [-0.05, 0) is 38.1 Å². The molecule has 5 rings (SSSR count). The molecule has 1 aromatic carbocycles. The number of hydrogen-bond donors (Lipinski definition) is 4. The number of aliphatic hydroxyl groups excluding tert-OH is 2. The lowest BCUT2D eigenvalue weighted by molar-refractivity contribution is -0.0453. The van der Waals surface area contributed by atoms with Crippen molar-refractivity contribution in [2.75, 3.05) is 13.6 Å². The minimum atomic E-state index is -1.97. The second-order valence-electron chi connectivity index (χ2n) is 7.85. The molecule has 2 bridgehead atoms. The third-order valence-corrected chi connectivity index (χ3v) is 7.03. The number of phenolic OH excluding ortho intramolecular Hbond substituents is 1. The number of alkyl halides is 3. The average molecular weight is 451 g/mol. The summed E-state index contributed by atoms with van der Waals surface area (Å²) in [6.07, 6.45) is 3.27. The number of aromatic hydroxyl groups is 1. The van der Waals surface area contributed by atoms with E-state index in [4.69, 9.17) is 49.8 Å². The first-order valence-electron chi connectivity index (χ1n) is 9.09. The Morgan fingerprint density at radius 1 is 1.25 bits per heavy atom. The van der Waals surface area contributed by atoms with Crippen molar-refractivity contribution < 1.29 is 25.2 Å². The van der Waals surface area contributed by atoms with Gasteiger partial charge in [0.15, 0.2) is 17.8 Å². The van der Waals surface area contributed by atoms with Gasteiger partial charge in [-0.3, -0.25) is 0 Å². The van der Waals surface area contributed by atoms with Gasteiger partial charge >= 0.3 is 0 Å². The van der Waals surface area contributed by atoms with Crippen molar-refractivity contribution in [1.29, 1.82) is 0 Å². The van der Waals surface area contributed by atoms with Crippen molar-refractivity contribution in [3.05, 3.63) is 35.4 Å². The van der Waals surface area contributed by atoms with Gasteiger partial charge in [-0.15, -0.1) is 0 Å². The van der Waals surface area contributed by atoms with E-state index in [1.54, 1.807) is 6.07 Å². The van der Waals surface area contributed by atoms with Crippen molar-refractivity contribution in [2.45, 2.75) is 46.6 Å². The van der Waals surface area contributed by atoms with Crippen LogP contribution in [-0.4, -0.2) is 67.3 Å². The number of benzene rings is 1. The molecular weight excluding hydrogens is 429 g/mol. The van der Waals surface area contributed by atoms with Crippen LogP contribution in [0.2, 0.25) is 0 Å². The van der Waals surface area contributed by atoms with Gasteiger partial charge in [0.25, 0.3) is 0 Å². The molecule has 4 aliphatic rings. The zero-order valence-corrected chi connectivity index (χ0v) is 17.4. The first kappa shape index (κ1) is 20.5. The molecule has 0 amide bonds. The van der Waals surface area contributed by atoms with Gasteiger partial charge in [0.05, 0.1) is 0 Å². The van der Waals surface area contributed by atoms with E-state index in [1.165, 1.54) is 11.1 Å². The van der Waals surface area contributed by atoms with Crippen molar-refractivity contribution in [1.82, 2.24) is 4.90 Å². The van der Waals surface area contributed by atoms with E-state index in [-0.39, 0.29) is 17.3 Å². The zero-order chi connectivity index (χ0) is 20.4. The maximum Gasteiger partial charge on any atom is 0.240 e. The first-order valence-corrected chi connectivity index (χ1v) is 10.2. The fourth-order valence-corrected chi connectivity index (χ4v) is 5.24. The summed E-state index contributed by atoms with van der Waals surface area (Å²) in [5.74, 6) is 1.19. The first-order chi connectivity index (χ1) is 13.1. The number of likely N-dealkylation sites (N-methyl/N-ethyl adjacent to an activating group) is 1. The highest BCUT2D eigenvalue weighted by Gasteiger charge is 2.64. The third kappa shape index (κ3) is 2.93. The van der Waals surface area contributed by atoms with Crippen LogP contribution in [0, 0.1) is 5.92 Å². The summed E-state index contributed by atoms with van der Waals surface area (Å²) in [4.78, 5) is 2.43. The largest absolute Gasteiger partial charge is 0.504 e. The molecule has 1 aromatic rings. The van der Waals surface area contributed by atoms with Crippen LogP contribution in [-0.2, 0) is 11.8 Å². The van der Waals surface area contributed by atoms with Crippen LogP contribution in [0.15, 0.2) is 24.3 Å². The number of aliphatic hydroxyl groups is 3. The number of piperidine rings is 1. The third-order valence-electron chi connectivity index (χ3n) is 6.44. The maximum absolute atomic E-state index is 10.4. The molecule has 1 fully saturated rings. The molecule has 5 atom stereocenters. The number of hydrogen-bond acceptors (Lipinski definition) is 6. The van der Waals surface area contributed by atoms with E-state index in [2.05, 4.69) is 18.0 Å². The lowest BCUT2D eigenvalue weighted by Gasteiger charge is -2.56. The summed E-state index contributed by atoms with van der Waals surface area (Å²) in [5, 5.41) is 36.7. The van der Waals surface area contributed by atoms with Crippen molar-refractivity contribution in [3.63, 3.8) is 0 Å². The van der Waals surface area contributed by atoms with Gasteiger partial charge in [-0.25, -0.2) is 0 Å². The average Bonchev–Trinajstić information content (AvgIpc) is 2.97. The quantitative estimate of drug-likeness (QED) is 0.274. The van der Waals surface area contributed by atoms with Gasteiger partial charge < -0.3 is 30.1 Å². The number of phenols is 1. The van der Waals surface area contributed by atoms with E-state index in [0.29, 0.717) is 17.7 Å². The highest BCUT2D eigenvalue weighted by Crippen LogP contribution is 2.62. The van der Waals surface area contributed by atoms with Crippen molar-refractivity contribution in [3.8, 4) is 11.5 Å². The van der Waals surface area contributed by atoms with Crippen LogP contribution in [0.5, 0.6) is 11.5 Å². The number of likely N-dealkylation sites (tertiary alicyclic amines) is 1. The molecule has 2 aliphatic carbocycles. The minimum Gasteiger partial charge on any atom is -0.504 e. The molecule has 9 heteroatoms. The fraction of sp³-hybridized carbons (Fsp3) is 0.579. The van der Waals surface area contributed by atoms with Gasteiger partial charge in [-0.2, -0.15) is 0 Å². The number of rotatable bonds is 0. The molecule has 28 heavy (non-hydrogen) atoms. The summed E-state index contributed by atoms with van der Waals surface area (Å²) in [6, 6.07) is 4.23. The van der Waals surface area contributed by atoms with E-state index in [9.17, 15) is 10.2 Å². The van der Waals surface area contributed by atoms with Gasteiger partial charge in [0, 0.05) is 22.9 Å². The molecule has 1 spiro atoms. The lowest BCUT2D eigenvalue weighted by atomic mass is 9.53. The molecule has 2 heterocycles. The van der Waals surface area contributed by atoms with E-state index >= 15 is 0 Å². The molecule has 0 radical (unpaired) electrons. The minimum absolute atomic E-state index is 0.160. The molecule has 0 saturated carbocycles. The number of halogens is 3. The Morgan fingerprint density at radius 2 is 1.93 bits per heavy atom. The van der Waals surface area contributed by atoms with Gasteiger partial charge in [-0.1, -0.05) is 53.0 Å². The lowest BCUT2D eigenvalue weighted by Crippen LogP contribution is -2.64. The number of nitrogens with zero attached hydrogens (tertiary/aromatic N) is 1. The normalized spacial score (nSPS) is 35.1. The summed E-state index contributed by atoms with van der Waals surface area (Å²) >= 11 is 14.7. The Kier molecular flexibility index (Phi) is 5.07. The summed E-state index contributed by atoms with van der Waals surface area (Å²) in [5.41, 5.74) is 2.29. The standard InChI is InChI=1S/C17H19NO3.C2H3Cl3O2/c1-18-7-6-17-10-3-5-13(20)16(17)21-15-12(19)4-2-9(14(15)17)8-11(10)18;3-2(4,5)1(6)7/h2-5,10-11,13,16,19-20H,6-8H2,1H3;1,6-7H/t10-,11+,13-,16-,17-;/m0./s1. The van der Waals surface area contributed by atoms with Crippen LogP contribution >= 0.6 is 34.8 Å². The van der Waals surface area contributed by atoms with Crippen LogP contribution in [0.25, 0.3) is 0 Å². The summed E-state index contributed by atoms with van der Waals surface area (Å²) in [7, 11) is 2.19. The second-order valence-corrected chi connectivity index (χ2v) is 10.2. The van der Waals surface area contributed by atoms with Crippen LogP contribution in [0.3, 0.4) is 0 Å². The van der Waals surface area contributed by atoms with E-state index in [0.717, 1.165) is 19.4 Å². The molecule has 1 saturated heterocycles. The Hall–Kier alpha value is -0.730. The Morgan fingerprint density at radius 3 is 2.57 bits per heavy atom. The Labute approximate surface area is 177 Å². The molecule has 154 valence electrons. The summed E-state index contributed by atoms with van der Waals surface area (Å²) in [6.45, 7) is 1.01. The van der Waals surface area contributed by atoms with E-state index < -0.39 is 16.2 Å². The van der Waals surface area contributed by atoms with Crippen LogP contribution in [0.1, 0.15) is 17.5 Å². The second kappa shape index (κ2) is 6.91. The number of ether oxygens (including phenoxy) is 1. The van der Waals surface area contributed by atoms with Gasteiger partial charge in [0.2, 0.25) is 3.79 Å². The van der Waals surface area contributed by atoms with Crippen LogP contribution < -0.4 is 4.74 Å². The molecule has 2 aliphatic heterocycles. The predicted octanol–water partition coefficient (Wildman–Crippen LogP) is 1.87.